The lowest BCUT2D eigenvalue weighted by molar-refractivity contribution is -0.119. The molecule has 1 aliphatic rings. The van der Waals surface area contributed by atoms with Crippen molar-refractivity contribution in [2.75, 3.05) is 13.2 Å². The maximum Gasteiger partial charge on any atom is 0.129 e. The first-order valence-corrected chi connectivity index (χ1v) is 6.14. The molecule has 0 N–H and O–H groups in total. The van der Waals surface area contributed by atoms with E-state index in [1.165, 1.54) is 10.4 Å². The lowest BCUT2D eigenvalue weighted by Gasteiger charge is -2.41. The topological polar surface area (TPSA) is 26.3 Å². The van der Waals surface area contributed by atoms with Crippen LogP contribution in [-0.2, 0) is 14.9 Å². The summed E-state index contributed by atoms with van der Waals surface area (Å²) < 4.78 is 5.34. The number of ether oxygens (including phenoxy) is 1. The predicted octanol–water partition coefficient (Wildman–Crippen LogP) is 2.69. The van der Waals surface area contributed by atoms with Crippen LogP contribution in [0.25, 0.3) is 0 Å². The summed E-state index contributed by atoms with van der Waals surface area (Å²) in [6.07, 6.45) is 1.60. The standard InChI is InChI=1S/C12H16O2S/c1-9-4-6-15-11(9)12(7-14-8-12)5-3-10(2)13/h4,6H,3,5,7-8H2,1-2H3. The summed E-state index contributed by atoms with van der Waals surface area (Å²) in [6, 6.07) is 2.15. The van der Waals surface area contributed by atoms with Crippen LogP contribution in [0.15, 0.2) is 11.4 Å². The molecule has 15 heavy (non-hydrogen) atoms. The summed E-state index contributed by atoms with van der Waals surface area (Å²) in [6.45, 7) is 5.36. The molecule has 1 saturated heterocycles. The average molecular weight is 224 g/mol. The molecule has 0 bridgehead atoms. The van der Waals surface area contributed by atoms with Gasteiger partial charge in [0, 0.05) is 11.3 Å². The molecule has 0 unspecified atom stereocenters. The molecule has 2 nitrogen and oxygen atoms in total. The van der Waals surface area contributed by atoms with Crippen molar-refractivity contribution < 1.29 is 9.53 Å². The normalized spacial score (nSPS) is 18.5. The van der Waals surface area contributed by atoms with Crippen LogP contribution in [0.5, 0.6) is 0 Å². The van der Waals surface area contributed by atoms with E-state index < -0.39 is 0 Å². The third kappa shape index (κ3) is 1.99. The number of carbonyl (C=O) groups excluding carboxylic acids is 1. The van der Waals surface area contributed by atoms with Gasteiger partial charge in [0.25, 0.3) is 0 Å². The molecule has 0 amide bonds. The number of hydrogen-bond donors (Lipinski definition) is 0. The van der Waals surface area contributed by atoms with Crippen molar-refractivity contribution in [1.29, 1.82) is 0 Å². The fourth-order valence-corrected chi connectivity index (χ4v) is 3.20. The molecule has 2 rings (SSSR count). The van der Waals surface area contributed by atoms with Gasteiger partial charge in [0.1, 0.15) is 5.78 Å². The van der Waals surface area contributed by atoms with Crippen LogP contribution in [-0.4, -0.2) is 19.0 Å². The summed E-state index contributed by atoms with van der Waals surface area (Å²) >= 11 is 1.79. The van der Waals surface area contributed by atoms with E-state index >= 15 is 0 Å². The van der Waals surface area contributed by atoms with Crippen LogP contribution in [0, 0.1) is 6.92 Å². The van der Waals surface area contributed by atoms with Crippen LogP contribution in [0.3, 0.4) is 0 Å². The minimum atomic E-state index is 0.143. The molecule has 3 heteroatoms. The number of aryl methyl sites for hydroxylation is 1. The van der Waals surface area contributed by atoms with Gasteiger partial charge in [0.15, 0.2) is 0 Å². The molecule has 1 aliphatic heterocycles. The highest BCUT2D eigenvalue weighted by atomic mass is 32.1. The zero-order valence-corrected chi connectivity index (χ0v) is 10.0. The first-order chi connectivity index (χ1) is 7.14. The van der Waals surface area contributed by atoms with Gasteiger partial charge < -0.3 is 9.53 Å². The molecule has 1 aromatic rings. The molecule has 0 aromatic carbocycles. The molecule has 0 saturated carbocycles. The Kier molecular flexibility index (Phi) is 2.94. The second-order valence-electron chi connectivity index (χ2n) is 4.41. The number of rotatable bonds is 4. The Bertz CT molecular complexity index is 363. The van der Waals surface area contributed by atoms with E-state index in [9.17, 15) is 4.79 Å². The van der Waals surface area contributed by atoms with Gasteiger partial charge in [0.2, 0.25) is 0 Å². The van der Waals surface area contributed by atoms with Crippen LogP contribution < -0.4 is 0 Å². The van der Waals surface area contributed by atoms with Gasteiger partial charge in [-0.1, -0.05) is 0 Å². The second kappa shape index (κ2) is 4.06. The molecule has 0 aliphatic carbocycles. The van der Waals surface area contributed by atoms with Crippen LogP contribution >= 0.6 is 11.3 Å². The second-order valence-corrected chi connectivity index (χ2v) is 5.32. The van der Waals surface area contributed by atoms with Crippen molar-refractivity contribution in [3.8, 4) is 0 Å². The molecule has 2 heterocycles. The molecule has 0 radical (unpaired) electrons. The Morgan fingerprint density at radius 2 is 2.33 bits per heavy atom. The van der Waals surface area contributed by atoms with E-state index in [0.29, 0.717) is 6.42 Å². The van der Waals surface area contributed by atoms with Gasteiger partial charge in [-0.05, 0) is 37.3 Å². The van der Waals surface area contributed by atoms with E-state index in [4.69, 9.17) is 4.74 Å². The van der Waals surface area contributed by atoms with Crippen molar-refractivity contribution in [3.05, 3.63) is 21.9 Å². The van der Waals surface area contributed by atoms with Crippen molar-refractivity contribution in [1.82, 2.24) is 0 Å². The number of hydrogen-bond acceptors (Lipinski definition) is 3. The van der Waals surface area contributed by atoms with E-state index in [2.05, 4.69) is 18.4 Å². The van der Waals surface area contributed by atoms with E-state index in [1.807, 2.05) is 0 Å². The lowest BCUT2D eigenvalue weighted by atomic mass is 9.78. The van der Waals surface area contributed by atoms with Crippen molar-refractivity contribution in [2.24, 2.45) is 0 Å². The average Bonchev–Trinajstić information content (AvgIpc) is 2.50. The summed E-state index contributed by atoms with van der Waals surface area (Å²) in [5.41, 5.74) is 1.48. The third-order valence-corrected chi connectivity index (χ3v) is 4.32. The highest BCUT2D eigenvalue weighted by molar-refractivity contribution is 7.10. The van der Waals surface area contributed by atoms with Gasteiger partial charge >= 0.3 is 0 Å². The smallest absolute Gasteiger partial charge is 0.129 e. The van der Waals surface area contributed by atoms with E-state index in [1.54, 1.807) is 18.3 Å². The molecule has 0 spiro atoms. The van der Waals surface area contributed by atoms with Crippen molar-refractivity contribution in [3.63, 3.8) is 0 Å². The van der Waals surface area contributed by atoms with E-state index in [-0.39, 0.29) is 11.2 Å². The van der Waals surface area contributed by atoms with Crippen LogP contribution in [0.1, 0.15) is 30.2 Å². The monoisotopic (exact) mass is 224 g/mol. The Morgan fingerprint density at radius 3 is 2.73 bits per heavy atom. The molecule has 82 valence electrons. The van der Waals surface area contributed by atoms with Crippen molar-refractivity contribution in [2.45, 2.75) is 32.1 Å². The van der Waals surface area contributed by atoms with Crippen LogP contribution in [0.4, 0.5) is 0 Å². The maximum atomic E-state index is 11.0. The highest BCUT2D eigenvalue weighted by Crippen LogP contribution is 2.41. The zero-order valence-electron chi connectivity index (χ0n) is 9.21. The first kappa shape index (κ1) is 10.8. The molecular weight excluding hydrogens is 208 g/mol. The maximum absolute atomic E-state index is 11.0. The zero-order chi connectivity index (χ0) is 10.9. The summed E-state index contributed by atoms with van der Waals surface area (Å²) in [4.78, 5) is 12.5. The minimum absolute atomic E-state index is 0.143. The largest absolute Gasteiger partial charge is 0.379 e. The SMILES string of the molecule is CC(=O)CCC1(c2sccc2C)COC1. The molecule has 0 atom stereocenters. The first-order valence-electron chi connectivity index (χ1n) is 5.26. The summed E-state index contributed by atoms with van der Waals surface area (Å²) in [5, 5.41) is 2.12. The molecule has 1 fully saturated rings. The number of ketones is 1. The Balaban J connectivity index is 2.15. The lowest BCUT2D eigenvalue weighted by Crippen LogP contribution is -2.46. The number of Topliss-reactive ketones (excluding diaryl/α,β-unsaturated/α-hetero) is 1. The Labute approximate surface area is 94.3 Å². The van der Waals surface area contributed by atoms with Gasteiger partial charge in [-0.3, -0.25) is 0 Å². The molecular formula is C12H16O2S. The fraction of sp³-hybridized carbons (Fsp3) is 0.583. The minimum Gasteiger partial charge on any atom is -0.379 e. The van der Waals surface area contributed by atoms with E-state index in [0.717, 1.165) is 19.6 Å². The van der Waals surface area contributed by atoms with Gasteiger partial charge in [0.05, 0.1) is 18.6 Å². The molecule has 1 aromatic heterocycles. The summed E-state index contributed by atoms with van der Waals surface area (Å²) in [7, 11) is 0. The van der Waals surface area contributed by atoms with Gasteiger partial charge in [-0.15, -0.1) is 11.3 Å². The summed E-state index contributed by atoms with van der Waals surface area (Å²) in [5.74, 6) is 0.274. The van der Waals surface area contributed by atoms with Gasteiger partial charge in [-0.2, -0.15) is 0 Å². The van der Waals surface area contributed by atoms with Gasteiger partial charge in [-0.25, -0.2) is 0 Å². The van der Waals surface area contributed by atoms with Crippen LogP contribution in [0.2, 0.25) is 0 Å². The van der Waals surface area contributed by atoms with Crippen molar-refractivity contribution >= 4 is 17.1 Å². The number of carbonyl (C=O) groups is 1. The predicted molar refractivity (Wildman–Crippen MR) is 61.5 cm³/mol. The Morgan fingerprint density at radius 1 is 1.60 bits per heavy atom. The fourth-order valence-electron chi connectivity index (χ4n) is 2.07. The quantitative estimate of drug-likeness (QED) is 0.786. The Hall–Kier alpha value is -0.670. The number of thiophene rings is 1. The third-order valence-electron chi connectivity index (χ3n) is 3.06. The highest BCUT2D eigenvalue weighted by Gasteiger charge is 2.41.